The van der Waals surface area contributed by atoms with Gasteiger partial charge in [-0.3, -0.25) is 9.89 Å². The molecule has 152 valence electrons. The number of fused-ring (bicyclic) bond motifs is 1. The summed E-state index contributed by atoms with van der Waals surface area (Å²) in [6.07, 6.45) is 2.31. The highest BCUT2D eigenvalue weighted by Gasteiger charge is 2.14. The zero-order valence-corrected chi connectivity index (χ0v) is 19.1. The Balaban J connectivity index is 0.00000280. The third kappa shape index (κ3) is 6.98. The Morgan fingerprint density at radius 1 is 1.14 bits per heavy atom. The SMILES string of the molecule is CC(C)Oc1ccc(NC(N)=NCCCN2CCc3ccccc3C2)cc1.I. The molecule has 0 spiro atoms. The van der Waals surface area contributed by atoms with Crippen molar-refractivity contribution in [2.75, 3.05) is 25.0 Å². The first-order chi connectivity index (χ1) is 13.1. The Morgan fingerprint density at radius 2 is 1.86 bits per heavy atom. The highest BCUT2D eigenvalue weighted by molar-refractivity contribution is 14.0. The van der Waals surface area contributed by atoms with Gasteiger partial charge >= 0.3 is 0 Å². The van der Waals surface area contributed by atoms with E-state index in [4.69, 9.17) is 10.5 Å². The molecule has 0 saturated carbocycles. The number of nitrogens with two attached hydrogens (primary N) is 1. The van der Waals surface area contributed by atoms with Crippen LogP contribution >= 0.6 is 24.0 Å². The number of guanidine groups is 1. The first-order valence-corrected chi connectivity index (χ1v) is 9.73. The van der Waals surface area contributed by atoms with Crippen LogP contribution in [0.1, 0.15) is 31.4 Å². The summed E-state index contributed by atoms with van der Waals surface area (Å²) in [5.41, 5.74) is 9.87. The molecule has 1 heterocycles. The molecule has 0 radical (unpaired) electrons. The van der Waals surface area contributed by atoms with E-state index < -0.39 is 0 Å². The largest absolute Gasteiger partial charge is 0.491 e. The fourth-order valence-electron chi connectivity index (χ4n) is 3.32. The number of benzene rings is 2. The first kappa shape index (κ1) is 22.5. The Bertz CT molecular complexity index is 761. The van der Waals surface area contributed by atoms with Crippen molar-refractivity contribution in [3.63, 3.8) is 0 Å². The molecule has 0 unspecified atom stereocenters. The molecule has 1 aliphatic rings. The number of nitrogens with one attached hydrogen (secondary N) is 1. The molecule has 0 saturated heterocycles. The van der Waals surface area contributed by atoms with Crippen LogP contribution in [0, 0.1) is 0 Å². The summed E-state index contributed by atoms with van der Waals surface area (Å²) in [7, 11) is 0. The summed E-state index contributed by atoms with van der Waals surface area (Å²) in [5, 5.41) is 3.13. The van der Waals surface area contributed by atoms with Crippen LogP contribution in [0.15, 0.2) is 53.5 Å². The molecule has 0 fully saturated rings. The minimum absolute atomic E-state index is 0. The molecule has 28 heavy (non-hydrogen) atoms. The van der Waals surface area contributed by atoms with Crippen LogP contribution in [0.25, 0.3) is 0 Å². The quantitative estimate of drug-likeness (QED) is 0.261. The minimum Gasteiger partial charge on any atom is -0.491 e. The van der Waals surface area contributed by atoms with Gasteiger partial charge < -0.3 is 15.8 Å². The molecule has 0 amide bonds. The third-order valence-corrected chi connectivity index (χ3v) is 4.62. The average molecular weight is 494 g/mol. The van der Waals surface area contributed by atoms with Crippen molar-refractivity contribution in [2.45, 2.75) is 39.3 Å². The molecule has 2 aromatic carbocycles. The maximum absolute atomic E-state index is 6.00. The van der Waals surface area contributed by atoms with E-state index in [0.717, 1.165) is 50.5 Å². The van der Waals surface area contributed by atoms with E-state index in [1.165, 1.54) is 11.1 Å². The summed E-state index contributed by atoms with van der Waals surface area (Å²) < 4.78 is 5.64. The summed E-state index contributed by atoms with van der Waals surface area (Å²) in [6.45, 7) is 7.97. The smallest absolute Gasteiger partial charge is 0.193 e. The molecule has 3 N–H and O–H groups in total. The zero-order valence-electron chi connectivity index (χ0n) is 16.7. The van der Waals surface area contributed by atoms with Gasteiger partial charge in [-0.05, 0) is 62.1 Å². The van der Waals surface area contributed by atoms with E-state index >= 15 is 0 Å². The number of nitrogens with zero attached hydrogens (tertiary/aromatic N) is 2. The molecule has 0 aromatic heterocycles. The number of aliphatic imine (C=N–C) groups is 1. The maximum atomic E-state index is 6.00. The number of anilines is 1. The molecule has 0 bridgehead atoms. The predicted octanol–water partition coefficient (Wildman–Crippen LogP) is 4.27. The van der Waals surface area contributed by atoms with E-state index in [1.54, 1.807) is 0 Å². The van der Waals surface area contributed by atoms with Crippen LogP contribution in [0.2, 0.25) is 0 Å². The maximum Gasteiger partial charge on any atom is 0.193 e. The van der Waals surface area contributed by atoms with Gasteiger partial charge in [0.2, 0.25) is 0 Å². The normalized spacial score (nSPS) is 14.3. The van der Waals surface area contributed by atoms with E-state index in [-0.39, 0.29) is 30.1 Å². The molecule has 1 aliphatic heterocycles. The summed E-state index contributed by atoms with van der Waals surface area (Å²) in [4.78, 5) is 6.94. The Morgan fingerprint density at radius 3 is 2.57 bits per heavy atom. The van der Waals surface area contributed by atoms with Gasteiger partial charge in [0.1, 0.15) is 5.75 Å². The van der Waals surface area contributed by atoms with Gasteiger partial charge in [0, 0.05) is 31.9 Å². The number of hydrogen-bond donors (Lipinski definition) is 2. The van der Waals surface area contributed by atoms with Crippen molar-refractivity contribution in [3.05, 3.63) is 59.7 Å². The van der Waals surface area contributed by atoms with Crippen LogP contribution in [0.5, 0.6) is 5.75 Å². The van der Waals surface area contributed by atoms with E-state index in [0.29, 0.717) is 5.96 Å². The lowest BCUT2D eigenvalue weighted by Gasteiger charge is -2.28. The number of rotatable bonds is 7. The number of ether oxygens (including phenoxy) is 1. The fourth-order valence-corrected chi connectivity index (χ4v) is 3.32. The molecule has 3 rings (SSSR count). The van der Waals surface area contributed by atoms with E-state index in [2.05, 4.69) is 39.5 Å². The lowest BCUT2D eigenvalue weighted by atomic mass is 10.00. The second-order valence-corrected chi connectivity index (χ2v) is 7.23. The van der Waals surface area contributed by atoms with Crippen LogP contribution in [-0.2, 0) is 13.0 Å². The Labute approximate surface area is 185 Å². The first-order valence-electron chi connectivity index (χ1n) is 9.73. The summed E-state index contributed by atoms with van der Waals surface area (Å²) in [6, 6.07) is 16.5. The minimum atomic E-state index is 0. The molecular formula is C22H31IN4O. The third-order valence-electron chi connectivity index (χ3n) is 4.62. The lowest BCUT2D eigenvalue weighted by molar-refractivity contribution is 0.242. The van der Waals surface area contributed by atoms with Crippen LogP contribution < -0.4 is 15.8 Å². The van der Waals surface area contributed by atoms with Gasteiger partial charge in [0.05, 0.1) is 6.10 Å². The van der Waals surface area contributed by atoms with Crippen molar-refractivity contribution in [2.24, 2.45) is 10.7 Å². The molecule has 0 aliphatic carbocycles. The van der Waals surface area contributed by atoms with Gasteiger partial charge in [-0.15, -0.1) is 24.0 Å². The highest BCUT2D eigenvalue weighted by Crippen LogP contribution is 2.18. The second-order valence-electron chi connectivity index (χ2n) is 7.23. The second kappa shape index (κ2) is 11.3. The monoisotopic (exact) mass is 494 g/mol. The van der Waals surface area contributed by atoms with Crippen molar-refractivity contribution >= 4 is 35.6 Å². The van der Waals surface area contributed by atoms with Gasteiger partial charge in [-0.2, -0.15) is 0 Å². The summed E-state index contributed by atoms with van der Waals surface area (Å²) >= 11 is 0. The molecular weight excluding hydrogens is 463 g/mol. The van der Waals surface area contributed by atoms with Crippen LogP contribution in [-0.4, -0.2) is 36.6 Å². The van der Waals surface area contributed by atoms with Crippen LogP contribution in [0.4, 0.5) is 5.69 Å². The molecule has 2 aromatic rings. The summed E-state index contributed by atoms with van der Waals surface area (Å²) in [5.74, 6) is 1.31. The fraction of sp³-hybridized carbons (Fsp3) is 0.409. The molecule has 0 atom stereocenters. The lowest BCUT2D eigenvalue weighted by Crippen LogP contribution is -2.31. The van der Waals surface area contributed by atoms with Crippen molar-refractivity contribution < 1.29 is 4.74 Å². The van der Waals surface area contributed by atoms with E-state index in [9.17, 15) is 0 Å². The molecule has 6 heteroatoms. The average Bonchev–Trinajstić information content (AvgIpc) is 2.66. The van der Waals surface area contributed by atoms with Gasteiger partial charge in [-0.25, -0.2) is 0 Å². The van der Waals surface area contributed by atoms with Gasteiger partial charge in [0.25, 0.3) is 0 Å². The standard InChI is InChI=1S/C22H30N4O.HI/c1-17(2)27-21-10-8-20(9-11-21)25-22(23)24-13-5-14-26-15-12-18-6-3-4-7-19(18)16-26;/h3-4,6-11,17H,5,12-16H2,1-2H3,(H3,23,24,25);1H. The van der Waals surface area contributed by atoms with E-state index in [1.807, 2.05) is 38.1 Å². The topological polar surface area (TPSA) is 62.9 Å². The predicted molar refractivity (Wildman–Crippen MR) is 128 cm³/mol. The number of halogens is 1. The van der Waals surface area contributed by atoms with Crippen molar-refractivity contribution in [1.82, 2.24) is 4.90 Å². The van der Waals surface area contributed by atoms with Crippen molar-refractivity contribution in [3.8, 4) is 5.75 Å². The number of hydrogen-bond acceptors (Lipinski definition) is 3. The van der Waals surface area contributed by atoms with Gasteiger partial charge in [-0.1, -0.05) is 24.3 Å². The van der Waals surface area contributed by atoms with Crippen LogP contribution in [0.3, 0.4) is 0 Å². The van der Waals surface area contributed by atoms with Gasteiger partial charge in [0.15, 0.2) is 5.96 Å². The molecule has 5 nitrogen and oxygen atoms in total. The Kier molecular flexibility index (Phi) is 9.05. The Hall–Kier alpha value is -1.80. The zero-order chi connectivity index (χ0) is 19.1. The highest BCUT2D eigenvalue weighted by atomic mass is 127. The van der Waals surface area contributed by atoms with Crippen molar-refractivity contribution in [1.29, 1.82) is 0 Å².